The van der Waals surface area contributed by atoms with Crippen LogP contribution in [-0.4, -0.2) is 59.6 Å². The number of rotatable bonds is 12. The Bertz CT molecular complexity index is 1790. The Kier molecular flexibility index (Phi) is 18.3. The lowest BCUT2D eigenvalue weighted by atomic mass is 10.2. The Balaban J connectivity index is 0.000000255. The second-order valence-corrected chi connectivity index (χ2v) is 11.4. The van der Waals surface area contributed by atoms with Gasteiger partial charge in [0, 0.05) is 31.4 Å². The van der Waals surface area contributed by atoms with E-state index in [1.165, 1.54) is 18.1 Å². The summed E-state index contributed by atoms with van der Waals surface area (Å²) < 4.78 is 0. The standard InChI is InChI=1S/2C18H20N6.C2H3N.CH3Br/c2*1-24(12-14-8-4-2-5-9-14)13-16-21-17(19)23-18(22-16)20-15-10-6-3-7-11-15;1-2-3;1-2/h2*2-11H,12-13H2,1H3,(H3,19,20,21,22,23);1H3;1H3. The predicted molar refractivity (Wildman–Crippen MR) is 217 cm³/mol. The SMILES string of the molecule is CBr.CC#N.CN(Cc1ccccc1)Cc1nc(N)nc(Nc2ccccc2)n1.CN(Cc1ccccc1)Cc1nc(N)nc(Nc2ccccc2)n1. The van der Waals surface area contributed by atoms with E-state index in [-0.39, 0.29) is 11.9 Å². The monoisotopic (exact) mass is 775 g/mol. The van der Waals surface area contributed by atoms with E-state index in [9.17, 15) is 0 Å². The molecule has 0 radical (unpaired) electrons. The van der Waals surface area contributed by atoms with Crippen molar-refractivity contribution in [1.29, 1.82) is 5.26 Å². The first-order valence-electron chi connectivity index (χ1n) is 16.6. The molecule has 13 nitrogen and oxygen atoms in total. The fraction of sp³-hybridized carbons (Fsp3) is 0.205. The summed E-state index contributed by atoms with van der Waals surface area (Å²) in [7, 11) is 4.05. The lowest BCUT2D eigenvalue weighted by Crippen LogP contribution is -2.20. The third-order valence-electron chi connectivity index (χ3n) is 6.87. The normalized spacial score (nSPS) is 10.0. The molecular formula is C39H46BrN13. The summed E-state index contributed by atoms with van der Waals surface area (Å²) in [6, 6.07) is 41.8. The molecule has 0 aliphatic carbocycles. The molecule has 0 aliphatic rings. The molecule has 6 rings (SSSR count). The summed E-state index contributed by atoms with van der Waals surface area (Å²) in [5.41, 5.74) is 15.9. The van der Waals surface area contributed by atoms with Crippen LogP contribution in [0, 0.1) is 11.3 Å². The van der Waals surface area contributed by atoms with Crippen LogP contribution in [0.4, 0.5) is 35.2 Å². The Hall–Kier alpha value is -6.01. The molecule has 14 heteroatoms. The van der Waals surface area contributed by atoms with Crippen molar-refractivity contribution in [3.05, 3.63) is 144 Å². The van der Waals surface area contributed by atoms with Gasteiger partial charge < -0.3 is 22.1 Å². The average Bonchev–Trinajstić information content (AvgIpc) is 3.14. The second-order valence-electron chi connectivity index (χ2n) is 11.4. The van der Waals surface area contributed by atoms with Crippen molar-refractivity contribution >= 4 is 51.1 Å². The first-order chi connectivity index (χ1) is 25.8. The number of nitrogens with one attached hydrogen (secondary N) is 2. The van der Waals surface area contributed by atoms with Crippen LogP contribution in [0.25, 0.3) is 0 Å². The topological polar surface area (TPSA) is 184 Å². The summed E-state index contributed by atoms with van der Waals surface area (Å²) in [5.74, 6) is 4.43. The molecule has 53 heavy (non-hydrogen) atoms. The number of aromatic nitrogens is 6. The lowest BCUT2D eigenvalue weighted by Gasteiger charge is -2.16. The molecule has 6 N–H and O–H groups in total. The number of nitriles is 1. The highest BCUT2D eigenvalue weighted by Gasteiger charge is 2.10. The Morgan fingerprint density at radius 3 is 1.15 bits per heavy atom. The van der Waals surface area contributed by atoms with Gasteiger partial charge in [-0.25, -0.2) is 0 Å². The van der Waals surface area contributed by atoms with E-state index in [1.54, 1.807) is 6.07 Å². The number of nitrogen functional groups attached to an aromatic ring is 2. The zero-order chi connectivity index (χ0) is 38.3. The van der Waals surface area contributed by atoms with Gasteiger partial charge in [0.1, 0.15) is 11.6 Å². The number of hydrogen-bond donors (Lipinski definition) is 4. The van der Waals surface area contributed by atoms with Gasteiger partial charge in [-0.3, -0.25) is 9.80 Å². The lowest BCUT2D eigenvalue weighted by molar-refractivity contribution is 0.310. The van der Waals surface area contributed by atoms with Crippen molar-refractivity contribution < 1.29 is 0 Å². The van der Waals surface area contributed by atoms with Gasteiger partial charge in [0.05, 0.1) is 19.2 Å². The average molecular weight is 777 g/mol. The van der Waals surface area contributed by atoms with Crippen LogP contribution in [0.3, 0.4) is 0 Å². The minimum absolute atomic E-state index is 0.214. The maximum Gasteiger partial charge on any atom is 0.232 e. The summed E-state index contributed by atoms with van der Waals surface area (Å²) in [6.45, 7) is 4.23. The largest absolute Gasteiger partial charge is 0.368 e. The zero-order valence-corrected chi connectivity index (χ0v) is 32.0. The maximum atomic E-state index is 7.32. The van der Waals surface area contributed by atoms with Crippen LogP contribution in [0.2, 0.25) is 0 Å². The molecule has 0 fully saturated rings. The zero-order valence-electron chi connectivity index (χ0n) is 30.4. The molecule has 2 aromatic heterocycles. The Morgan fingerprint density at radius 1 is 0.528 bits per heavy atom. The second kappa shape index (κ2) is 23.5. The fourth-order valence-electron chi connectivity index (χ4n) is 4.82. The van der Waals surface area contributed by atoms with E-state index in [2.05, 4.69) is 90.5 Å². The minimum Gasteiger partial charge on any atom is -0.368 e. The van der Waals surface area contributed by atoms with Crippen LogP contribution in [-0.2, 0) is 26.2 Å². The molecule has 0 spiro atoms. The fourth-order valence-corrected chi connectivity index (χ4v) is 4.82. The van der Waals surface area contributed by atoms with Gasteiger partial charge in [-0.1, -0.05) is 113 Å². The predicted octanol–water partition coefficient (Wildman–Crippen LogP) is 7.20. The van der Waals surface area contributed by atoms with Crippen LogP contribution in [0.5, 0.6) is 0 Å². The van der Waals surface area contributed by atoms with E-state index in [1.807, 2.05) is 117 Å². The first kappa shape index (κ1) is 41.4. The molecule has 0 unspecified atom stereocenters. The molecule has 2 heterocycles. The minimum atomic E-state index is 0.214. The molecular weight excluding hydrogens is 730 g/mol. The van der Waals surface area contributed by atoms with Gasteiger partial charge in [-0.05, 0) is 55.3 Å². The van der Waals surface area contributed by atoms with Crippen molar-refractivity contribution in [2.45, 2.75) is 33.1 Å². The molecule has 274 valence electrons. The number of halogens is 1. The highest BCUT2D eigenvalue weighted by molar-refractivity contribution is 9.08. The summed E-state index contributed by atoms with van der Waals surface area (Å²) in [6.07, 6.45) is 0. The molecule has 0 amide bonds. The van der Waals surface area contributed by atoms with Crippen LogP contribution in [0.15, 0.2) is 121 Å². The van der Waals surface area contributed by atoms with Crippen molar-refractivity contribution in [1.82, 2.24) is 39.7 Å². The van der Waals surface area contributed by atoms with Crippen LogP contribution in [0.1, 0.15) is 29.7 Å². The third-order valence-corrected chi connectivity index (χ3v) is 6.87. The Labute approximate surface area is 320 Å². The Morgan fingerprint density at radius 2 is 0.830 bits per heavy atom. The van der Waals surface area contributed by atoms with Crippen molar-refractivity contribution in [3.8, 4) is 6.07 Å². The molecule has 0 bridgehead atoms. The van der Waals surface area contributed by atoms with E-state index in [0.29, 0.717) is 36.6 Å². The first-order valence-corrected chi connectivity index (χ1v) is 18.2. The molecule has 0 atom stereocenters. The highest BCUT2D eigenvalue weighted by atomic mass is 79.9. The molecule has 0 saturated carbocycles. The third kappa shape index (κ3) is 16.3. The number of hydrogen-bond acceptors (Lipinski definition) is 13. The summed E-state index contributed by atoms with van der Waals surface area (Å²) >= 11 is 2.94. The maximum absolute atomic E-state index is 7.32. The van der Waals surface area contributed by atoms with Gasteiger partial charge >= 0.3 is 0 Å². The van der Waals surface area contributed by atoms with Gasteiger partial charge in [0.15, 0.2) is 0 Å². The number of nitrogens with zero attached hydrogens (tertiary/aromatic N) is 9. The van der Waals surface area contributed by atoms with E-state index >= 15 is 0 Å². The number of alkyl halides is 1. The summed E-state index contributed by atoms with van der Waals surface area (Å²) in [5, 5.41) is 13.6. The van der Waals surface area contributed by atoms with E-state index in [4.69, 9.17) is 16.7 Å². The van der Waals surface area contributed by atoms with E-state index in [0.717, 1.165) is 24.5 Å². The smallest absolute Gasteiger partial charge is 0.232 e. The number of benzene rings is 4. The molecule has 0 aliphatic heterocycles. The van der Waals surface area contributed by atoms with Crippen molar-refractivity contribution in [2.24, 2.45) is 0 Å². The van der Waals surface area contributed by atoms with Gasteiger partial charge in [-0.15, -0.1) is 0 Å². The number of para-hydroxylation sites is 2. The molecule has 6 aromatic rings. The van der Waals surface area contributed by atoms with Crippen LogP contribution < -0.4 is 22.1 Å². The molecule has 4 aromatic carbocycles. The number of nitrogens with two attached hydrogens (primary N) is 2. The summed E-state index contributed by atoms with van der Waals surface area (Å²) in [4.78, 5) is 29.9. The quantitative estimate of drug-likeness (QED) is 0.0917. The van der Waals surface area contributed by atoms with Gasteiger partial charge in [0.25, 0.3) is 0 Å². The van der Waals surface area contributed by atoms with Gasteiger partial charge in [0.2, 0.25) is 23.8 Å². The molecule has 0 saturated heterocycles. The highest BCUT2D eigenvalue weighted by Crippen LogP contribution is 2.15. The van der Waals surface area contributed by atoms with Crippen molar-refractivity contribution in [3.63, 3.8) is 0 Å². The van der Waals surface area contributed by atoms with Crippen LogP contribution >= 0.6 is 15.9 Å². The number of anilines is 6. The van der Waals surface area contributed by atoms with E-state index < -0.39 is 0 Å². The van der Waals surface area contributed by atoms with Gasteiger partial charge in [-0.2, -0.15) is 35.2 Å². The van der Waals surface area contributed by atoms with Crippen molar-refractivity contribution in [2.75, 3.05) is 42.0 Å².